The lowest BCUT2D eigenvalue weighted by molar-refractivity contribution is -0.124. The first-order valence-corrected chi connectivity index (χ1v) is 7.38. The van der Waals surface area contributed by atoms with Gasteiger partial charge < -0.3 is 5.11 Å². The second kappa shape index (κ2) is 8.90. The van der Waals surface area contributed by atoms with Gasteiger partial charge in [0.1, 0.15) is 0 Å². The third-order valence-corrected chi connectivity index (χ3v) is 3.20. The maximum Gasteiger partial charge on any atom is 0.335 e. The van der Waals surface area contributed by atoms with Gasteiger partial charge in [-0.05, 0) is 41.5 Å². The highest BCUT2D eigenvalue weighted by Crippen LogP contribution is 2.07. The Morgan fingerprint density at radius 1 is 0.962 bits per heavy atom. The molecular weight excluding hydrogens is 338 g/mol. The zero-order chi connectivity index (χ0) is 18.9. The average Bonchev–Trinajstić information content (AvgIpc) is 2.66. The smallest absolute Gasteiger partial charge is 0.335 e. The maximum absolute atomic E-state index is 12.1. The number of hydrogen-bond acceptors (Lipinski definition) is 5. The summed E-state index contributed by atoms with van der Waals surface area (Å²) in [6.45, 7) is 0. The summed E-state index contributed by atoms with van der Waals surface area (Å²) in [5, 5.41) is 21.2. The van der Waals surface area contributed by atoms with Crippen LogP contribution in [0.2, 0.25) is 0 Å². The molecule has 4 N–H and O–H groups in total. The van der Waals surface area contributed by atoms with Gasteiger partial charge in [0.05, 0.1) is 11.8 Å². The summed E-state index contributed by atoms with van der Waals surface area (Å²) in [5.74, 6) is -2.21. The molecule has 0 aromatic heterocycles. The number of carbonyl (C=O) groups is 3. The first-order valence-electron chi connectivity index (χ1n) is 7.38. The molecule has 0 aliphatic carbocycles. The lowest BCUT2D eigenvalue weighted by Gasteiger charge is -2.02. The molecule has 0 bridgehead atoms. The van der Waals surface area contributed by atoms with E-state index >= 15 is 0 Å². The van der Waals surface area contributed by atoms with Crippen molar-refractivity contribution in [2.45, 2.75) is 0 Å². The fourth-order valence-electron chi connectivity index (χ4n) is 1.97. The van der Waals surface area contributed by atoms with E-state index < -0.39 is 17.8 Å². The number of nitrogens with one attached hydrogen (secondary N) is 2. The van der Waals surface area contributed by atoms with Crippen LogP contribution in [0.25, 0.3) is 6.08 Å². The van der Waals surface area contributed by atoms with Gasteiger partial charge >= 0.3 is 5.97 Å². The van der Waals surface area contributed by atoms with Crippen LogP contribution in [-0.4, -0.2) is 34.3 Å². The van der Waals surface area contributed by atoms with Crippen LogP contribution in [0.3, 0.4) is 0 Å². The van der Waals surface area contributed by atoms with Crippen molar-refractivity contribution in [1.29, 1.82) is 0 Å². The molecule has 0 spiro atoms. The summed E-state index contributed by atoms with van der Waals surface area (Å²) in [7, 11) is 0. The van der Waals surface area contributed by atoms with Crippen LogP contribution in [0.1, 0.15) is 31.8 Å². The summed E-state index contributed by atoms with van der Waals surface area (Å²) in [6, 6.07) is 12.5. The third-order valence-electron chi connectivity index (χ3n) is 3.20. The molecule has 0 aliphatic rings. The Bertz CT molecular complexity index is 890. The number of carbonyl (C=O) groups excluding carboxylic acids is 2. The molecule has 2 rings (SSSR count). The molecule has 0 unspecified atom stereocenters. The number of hydroxylamine groups is 1. The lowest BCUT2D eigenvalue weighted by atomic mass is 10.1. The summed E-state index contributed by atoms with van der Waals surface area (Å²) >= 11 is 0. The van der Waals surface area contributed by atoms with Gasteiger partial charge in [-0.1, -0.05) is 24.3 Å². The predicted molar refractivity (Wildman–Crippen MR) is 93.9 cm³/mol. The van der Waals surface area contributed by atoms with E-state index in [9.17, 15) is 14.4 Å². The molecule has 2 aromatic rings. The van der Waals surface area contributed by atoms with E-state index in [0.29, 0.717) is 16.7 Å². The number of benzene rings is 2. The van der Waals surface area contributed by atoms with E-state index in [2.05, 4.69) is 10.5 Å². The number of aromatic carboxylic acids is 1. The van der Waals surface area contributed by atoms with Gasteiger partial charge in [-0.2, -0.15) is 5.10 Å². The summed E-state index contributed by atoms with van der Waals surface area (Å²) in [4.78, 5) is 34.0. The maximum atomic E-state index is 12.1. The third kappa shape index (κ3) is 5.39. The van der Waals surface area contributed by atoms with Crippen LogP contribution in [0, 0.1) is 0 Å². The van der Waals surface area contributed by atoms with E-state index in [1.165, 1.54) is 36.0 Å². The fraction of sp³-hybridized carbons (Fsp3) is 0. The molecule has 0 fully saturated rings. The Kier molecular flexibility index (Phi) is 6.35. The van der Waals surface area contributed by atoms with Gasteiger partial charge in [0, 0.05) is 11.6 Å². The molecule has 0 heterocycles. The second-order valence-corrected chi connectivity index (χ2v) is 5.06. The van der Waals surface area contributed by atoms with E-state index in [1.54, 1.807) is 30.3 Å². The predicted octanol–water partition coefficient (Wildman–Crippen LogP) is 1.67. The zero-order valence-electron chi connectivity index (χ0n) is 13.4. The van der Waals surface area contributed by atoms with Crippen LogP contribution in [0.4, 0.5) is 0 Å². The molecule has 8 nitrogen and oxygen atoms in total. The monoisotopic (exact) mass is 353 g/mol. The molecule has 0 atom stereocenters. The van der Waals surface area contributed by atoms with Crippen LogP contribution in [0.5, 0.6) is 0 Å². The Labute approximate surface area is 148 Å². The number of nitrogens with zero attached hydrogens (tertiary/aromatic N) is 1. The Hall–Kier alpha value is -3.78. The first-order chi connectivity index (χ1) is 12.5. The molecule has 2 aromatic carbocycles. The molecule has 8 heteroatoms. The number of amides is 2. The largest absolute Gasteiger partial charge is 0.478 e. The quantitative estimate of drug-likeness (QED) is 0.272. The van der Waals surface area contributed by atoms with Crippen LogP contribution < -0.4 is 10.9 Å². The number of hydrogen-bond donors (Lipinski definition) is 4. The number of rotatable bonds is 6. The minimum absolute atomic E-state index is 0.117. The minimum Gasteiger partial charge on any atom is -0.478 e. The van der Waals surface area contributed by atoms with E-state index in [4.69, 9.17) is 10.3 Å². The van der Waals surface area contributed by atoms with Crippen molar-refractivity contribution in [3.63, 3.8) is 0 Å². The van der Waals surface area contributed by atoms with Gasteiger partial charge in [0.2, 0.25) is 0 Å². The zero-order valence-corrected chi connectivity index (χ0v) is 13.4. The highest BCUT2D eigenvalue weighted by Gasteiger charge is 2.05. The Morgan fingerprint density at radius 2 is 1.62 bits per heavy atom. The molecule has 0 aliphatic heterocycles. The SMILES string of the molecule is O=C(/C=C/c1cccc(C(=O)N/N=C/c2cccc(C(=O)O)c2)c1)NO. The molecule has 2 amide bonds. The Morgan fingerprint density at radius 3 is 2.31 bits per heavy atom. The van der Waals surface area contributed by atoms with Crippen LogP contribution >= 0.6 is 0 Å². The molecule has 0 radical (unpaired) electrons. The first kappa shape index (κ1) is 18.6. The molecule has 0 saturated carbocycles. The van der Waals surface area contributed by atoms with E-state index in [1.807, 2.05) is 0 Å². The molecule has 0 saturated heterocycles. The normalized spacial score (nSPS) is 10.8. The van der Waals surface area contributed by atoms with E-state index in [0.717, 1.165) is 6.08 Å². The summed E-state index contributed by atoms with van der Waals surface area (Å²) in [6.07, 6.45) is 3.88. The summed E-state index contributed by atoms with van der Waals surface area (Å²) < 4.78 is 0. The average molecular weight is 353 g/mol. The highest BCUT2D eigenvalue weighted by molar-refractivity contribution is 5.96. The number of carboxylic acids is 1. The number of carboxylic acid groups (broad SMARTS) is 1. The van der Waals surface area contributed by atoms with Crippen molar-refractivity contribution in [3.8, 4) is 0 Å². The van der Waals surface area contributed by atoms with Gasteiger partial charge in [-0.25, -0.2) is 15.7 Å². The van der Waals surface area contributed by atoms with Crippen LogP contribution in [0.15, 0.2) is 59.7 Å². The van der Waals surface area contributed by atoms with Gasteiger partial charge in [-0.15, -0.1) is 0 Å². The van der Waals surface area contributed by atoms with Crippen molar-refractivity contribution >= 4 is 30.1 Å². The van der Waals surface area contributed by atoms with Crippen molar-refractivity contribution in [2.75, 3.05) is 0 Å². The minimum atomic E-state index is -1.05. The highest BCUT2D eigenvalue weighted by atomic mass is 16.5. The molecule has 26 heavy (non-hydrogen) atoms. The Balaban J connectivity index is 2.04. The van der Waals surface area contributed by atoms with Gasteiger partial charge in [-0.3, -0.25) is 14.8 Å². The van der Waals surface area contributed by atoms with Crippen molar-refractivity contribution in [2.24, 2.45) is 5.10 Å². The van der Waals surface area contributed by atoms with Gasteiger partial charge in [0.25, 0.3) is 11.8 Å². The topological polar surface area (TPSA) is 128 Å². The fourth-order valence-corrected chi connectivity index (χ4v) is 1.97. The number of hydrazone groups is 1. The van der Waals surface area contributed by atoms with Crippen molar-refractivity contribution < 1.29 is 24.7 Å². The second-order valence-electron chi connectivity index (χ2n) is 5.06. The molecular formula is C18H15N3O5. The lowest BCUT2D eigenvalue weighted by Crippen LogP contribution is -2.17. The van der Waals surface area contributed by atoms with Crippen LogP contribution in [-0.2, 0) is 4.79 Å². The van der Waals surface area contributed by atoms with Crippen molar-refractivity contribution in [3.05, 3.63) is 76.9 Å². The van der Waals surface area contributed by atoms with E-state index in [-0.39, 0.29) is 5.56 Å². The van der Waals surface area contributed by atoms with Crippen molar-refractivity contribution in [1.82, 2.24) is 10.9 Å². The summed E-state index contributed by atoms with van der Waals surface area (Å²) in [5.41, 5.74) is 5.34. The molecule has 132 valence electrons. The standard InChI is InChI=1S/C18H15N3O5/c22-16(21-26)8-7-12-3-1-5-14(9-12)17(23)20-19-11-13-4-2-6-15(10-13)18(24)25/h1-11,26H,(H,20,23)(H,21,22)(H,24,25)/b8-7+,19-11+. The van der Waals surface area contributed by atoms with Gasteiger partial charge in [0.15, 0.2) is 0 Å².